The van der Waals surface area contributed by atoms with Crippen molar-refractivity contribution in [1.29, 1.82) is 0 Å². The summed E-state index contributed by atoms with van der Waals surface area (Å²) in [7, 11) is 0. The molecule has 1 aromatic carbocycles. The summed E-state index contributed by atoms with van der Waals surface area (Å²) in [5.74, 6) is -0.991. The quantitative estimate of drug-likeness (QED) is 0.710. The van der Waals surface area contributed by atoms with Crippen LogP contribution in [-0.4, -0.2) is 15.6 Å². The van der Waals surface area contributed by atoms with Gasteiger partial charge >= 0.3 is 5.97 Å². The Hall–Kier alpha value is -2.93. The lowest BCUT2D eigenvalue weighted by Gasteiger charge is -2.43. The van der Waals surface area contributed by atoms with Crippen LogP contribution in [0.2, 0.25) is 0 Å². The number of cyclic esters (lactones) is 1. The fraction of sp³-hybridized carbons (Fsp3) is 0.417. The smallest absolute Gasteiger partial charge is 0.343 e. The van der Waals surface area contributed by atoms with E-state index >= 15 is 0 Å². The van der Waals surface area contributed by atoms with Crippen LogP contribution in [0.1, 0.15) is 65.7 Å². The van der Waals surface area contributed by atoms with Crippen molar-refractivity contribution in [3.63, 3.8) is 0 Å². The molecule has 6 rings (SSSR count). The molecule has 2 atom stereocenters. The molecule has 1 aromatic heterocycles. The van der Waals surface area contributed by atoms with Gasteiger partial charge in [-0.3, -0.25) is 4.79 Å². The predicted molar refractivity (Wildman–Crippen MR) is 111 cm³/mol. The lowest BCUT2D eigenvalue weighted by atomic mass is 9.78. The summed E-state index contributed by atoms with van der Waals surface area (Å²) in [6, 6.07) is 2.82. The molecule has 7 heteroatoms. The maximum atomic E-state index is 14.6. The van der Waals surface area contributed by atoms with Crippen LogP contribution in [0.15, 0.2) is 22.5 Å². The summed E-state index contributed by atoms with van der Waals surface area (Å²) in [6.45, 7) is 3.77. The fourth-order valence-electron chi connectivity index (χ4n) is 5.71. The number of nitrogens with zero attached hydrogens (tertiary/aromatic N) is 2. The minimum Gasteiger partial charge on any atom is -0.673 e. The normalized spacial score (nSPS) is 25.3. The number of hydrogen-bond acceptors (Lipinski definition) is 4. The summed E-state index contributed by atoms with van der Waals surface area (Å²) < 4.78 is 21.4. The van der Waals surface area contributed by atoms with E-state index in [1.54, 1.807) is 17.6 Å². The number of ether oxygens (including phenoxy) is 1. The summed E-state index contributed by atoms with van der Waals surface area (Å²) in [4.78, 5) is 25.7. The number of pyridine rings is 1. The van der Waals surface area contributed by atoms with Gasteiger partial charge in [0.15, 0.2) is 5.60 Å². The number of hydrogen-bond donors (Lipinski definition) is 1. The Morgan fingerprint density at radius 3 is 2.87 bits per heavy atom. The Labute approximate surface area is 178 Å². The summed E-state index contributed by atoms with van der Waals surface area (Å²) in [6.07, 6.45) is 2.73. The van der Waals surface area contributed by atoms with Gasteiger partial charge in [-0.15, -0.1) is 5.69 Å². The molecule has 0 radical (unpaired) electrons. The second kappa shape index (κ2) is 6.07. The van der Waals surface area contributed by atoms with Crippen LogP contribution in [0.4, 0.5) is 10.1 Å². The highest BCUT2D eigenvalue weighted by molar-refractivity contribution is 5.89. The predicted octanol–water partition coefficient (Wildman–Crippen LogP) is 3.81. The number of benzene rings is 1. The molecule has 0 bridgehead atoms. The Kier molecular flexibility index (Phi) is 3.68. The Bertz CT molecular complexity index is 1290. The lowest BCUT2D eigenvalue weighted by molar-refractivity contribution is -0.172. The van der Waals surface area contributed by atoms with E-state index in [-0.39, 0.29) is 24.4 Å². The molecule has 160 valence electrons. The second-order valence-corrected chi connectivity index (χ2v) is 8.89. The van der Waals surface area contributed by atoms with Crippen LogP contribution in [0.3, 0.4) is 0 Å². The average Bonchev–Trinajstić information content (AvgIpc) is 3.14. The summed E-state index contributed by atoms with van der Waals surface area (Å²) in [5.41, 5.74) is 4.77. The average molecular weight is 421 g/mol. The standard InChI is InChI=1S/C24H22FN2O4/c1-3-24(30)16-7-19-21-14(9-27(19)22(28)15(16)10-31-23(24)29)13-6-4-5-12-11(2)17(25)8-18(26-21)20(12)13/h7-8,21,30H,3-6,9-10H2,1-2H3/q-1/t21?,24-/m0/s1. The topological polar surface area (TPSA) is 82.6 Å². The van der Waals surface area contributed by atoms with Crippen molar-refractivity contribution in [3.05, 3.63) is 72.7 Å². The number of aromatic nitrogens is 1. The molecule has 4 aliphatic rings. The van der Waals surface area contributed by atoms with Crippen molar-refractivity contribution in [2.75, 3.05) is 0 Å². The van der Waals surface area contributed by atoms with Crippen LogP contribution in [0, 0.1) is 12.7 Å². The van der Waals surface area contributed by atoms with Crippen LogP contribution in [-0.2, 0) is 34.7 Å². The largest absolute Gasteiger partial charge is 0.673 e. The lowest BCUT2D eigenvalue weighted by Crippen LogP contribution is -2.44. The van der Waals surface area contributed by atoms with Crippen LogP contribution < -0.4 is 5.56 Å². The maximum Gasteiger partial charge on any atom is 0.343 e. The van der Waals surface area contributed by atoms with Crippen molar-refractivity contribution in [2.45, 2.75) is 64.3 Å². The monoisotopic (exact) mass is 421 g/mol. The first-order valence-electron chi connectivity index (χ1n) is 10.8. The first kappa shape index (κ1) is 18.8. The highest BCUT2D eigenvalue weighted by Crippen LogP contribution is 2.56. The number of aliphatic hydroxyl groups is 1. The first-order valence-corrected chi connectivity index (χ1v) is 10.8. The van der Waals surface area contributed by atoms with E-state index in [1.807, 2.05) is 6.92 Å². The van der Waals surface area contributed by atoms with E-state index in [0.29, 0.717) is 34.6 Å². The van der Waals surface area contributed by atoms with E-state index in [9.17, 15) is 19.1 Å². The fourth-order valence-corrected chi connectivity index (χ4v) is 5.71. The van der Waals surface area contributed by atoms with Gasteiger partial charge in [0.1, 0.15) is 12.4 Å². The van der Waals surface area contributed by atoms with E-state index in [2.05, 4.69) is 0 Å². The SMILES string of the molecule is CC[C@@]1(O)C(=O)OCc2c1cc1n(c2=O)CC2=C3CCCc4c(C)c(F)cc(c43)[N-]C21. The molecule has 0 fully saturated rings. The van der Waals surface area contributed by atoms with Gasteiger partial charge in [0, 0.05) is 17.8 Å². The Balaban J connectivity index is 1.59. The van der Waals surface area contributed by atoms with Gasteiger partial charge in [0.2, 0.25) is 0 Å². The molecule has 3 aliphatic heterocycles. The van der Waals surface area contributed by atoms with E-state index in [1.165, 1.54) is 11.6 Å². The summed E-state index contributed by atoms with van der Waals surface area (Å²) >= 11 is 0. The molecule has 4 heterocycles. The van der Waals surface area contributed by atoms with Crippen molar-refractivity contribution in [3.8, 4) is 0 Å². The summed E-state index contributed by atoms with van der Waals surface area (Å²) in [5, 5.41) is 15.9. The Morgan fingerprint density at radius 1 is 1.29 bits per heavy atom. The van der Waals surface area contributed by atoms with Gasteiger partial charge < -0.3 is 19.7 Å². The molecule has 6 nitrogen and oxygen atoms in total. The first-order chi connectivity index (χ1) is 14.8. The number of halogens is 1. The van der Waals surface area contributed by atoms with Gasteiger partial charge in [-0.25, -0.2) is 9.18 Å². The molecular weight excluding hydrogens is 399 g/mol. The number of fused-ring (bicyclic) bond motifs is 4. The van der Waals surface area contributed by atoms with Gasteiger partial charge in [0.05, 0.1) is 5.56 Å². The van der Waals surface area contributed by atoms with Gasteiger partial charge in [0.25, 0.3) is 5.56 Å². The molecule has 1 N–H and O–H groups in total. The van der Waals surface area contributed by atoms with E-state index in [0.717, 1.165) is 36.0 Å². The number of allylic oxidation sites excluding steroid dienone is 1. The zero-order valence-electron chi connectivity index (χ0n) is 17.4. The van der Waals surface area contributed by atoms with Crippen molar-refractivity contribution in [2.24, 2.45) is 0 Å². The number of esters is 1. The van der Waals surface area contributed by atoms with Gasteiger partial charge in [-0.05, 0) is 67.0 Å². The molecule has 1 aliphatic carbocycles. The molecular formula is C24H22FN2O4-. The molecule has 31 heavy (non-hydrogen) atoms. The maximum absolute atomic E-state index is 14.6. The third-order valence-corrected chi connectivity index (χ3v) is 7.46. The van der Waals surface area contributed by atoms with Crippen LogP contribution >= 0.6 is 0 Å². The van der Waals surface area contributed by atoms with Gasteiger partial charge in [-0.1, -0.05) is 18.5 Å². The number of rotatable bonds is 1. The van der Waals surface area contributed by atoms with Crippen molar-refractivity contribution in [1.82, 2.24) is 4.57 Å². The van der Waals surface area contributed by atoms with Crippen LogP contribution in [0.25, 0.3) is 10.9 Å². The minimum atomic E-state index is -1.84. The van der Waals surface area contributed by atoms with E-state index < -0.39 is 17.6 Å². The molecule has 1 unspecified atom stereocenters. The van der Waals surface area contributed by atoms with E-state index in [4.69, 9.17) is 10.1 Å². The van der Waals surface area contributed by atoms with Crippen molar-refractivity contribution < 1.29 is 19.0 Å². The highest BCUT2D eigenvalue weighted by Gasteiger charge is 2.45. The molecule has 0 saturated heterocycles. The number of carbonyl (C=O) groups excluding carboxylic acids is 1. The third kappa shape index (κ3) is 2.24. The highest BCUT2D eigenvalue weighted by atomic mass is 19.1. The molecule has 0 amide bonds. The second-order valence-electron chi connectivity index (χ2n) is 8.89. The molecule has 0 spiro atoms. The van der Waals surface area contributed by atoms with Crippen molar-refractivity contribution >= 4 is 17.2 Å². The zero-order chi connectivity index (χ0) is 21.7. The molecule has 0 saturated carbocycles. The Morgan fingerprint density at radius 2 is 2.10 bits per heavy atom. The van der Waals surface area contributed by atoms with Gasteiger partial charge in [-0.2, -0.15) is 0 Å². The third-order valence-electron chi connectivity index (χ3n) is 7.46. The zero-order valence-corrected chi connectivity index (χ0v) is 17.4. The number of carbonyl (C=O) groups is 1. The minimum absolute atomic E-state index is 0.105. The molecule has 2 aromatic rings. The van der Waals surface area contributed by atoms with Crippen LogP contribution in [0.5, 0.6) is 0 Å².